The van der Waals surface area contributed by atoms with Gasteiger partial charge in [-0.15, -0.1) is 0 Å². The molecule has 0 fully saturated rings. The van der Waals surface area contributed by atoms with Crippen molar-refractivity contribution in [1.82, 2.24) is 19.5 Å². The van der Waals surface area contributed by atoms with Gasteiger partial charge in [0, 0.05) is 17.5 Å². The monoisotopic (exact) mass is 394 g/mol. The fraction of sp³-hybridized carbons (Fsp3) is 0.190. The average molecular weight is 394 g/mol. The van der Waals surface area contributed by atoms with Gasteiger partial charge in [0.05, 0.1) is 12.6 Å². The number of hydrogen-bond acceptors (Lipinski definition) is 4. The number of aromatic nitrogens is 3. The van der Waals surface area contributed by atoms with E-state index in [1.807, 2.05) is 18.2 Å². The summed E-state index contributed by atoms with van der Waals surface area (Å²) in [4.78, 5) is 25.2. The standard InChI is InChI=1S/C21H19FN4O3/c1-13-24-25(12-20(27)23-11-14-6-3-4-7-16(14)22)21(28)18-10-15-17(26(13)18)8-5-9-19(15)29-2/h3-10H,11-12H2,1-2H3,(H,23,27). The maximum atomic E-state index is 13.7. The van der Waals surface area contributed by atoms with E-state index in [0.29, 0.717) is 22.7 Å². The Balaban J connectivity index is 1.65. The van der Waals surface area contributed by atoms with Crippen LogP contribution >= 0.6 is 0 Å². The van der Waals surface area contributed by atoms with Crippen molar-refractivity contribution in [3.8, 4) is 5.75 Å². The fourth-order valence-electron chi connectivity index (χ4n) is 3.42. The highest BCUT2D eigenvalue weighted by atomic mass is 19.1. The van der Waals surface area contributed by atoms with Crippen molar-refractivity contribution in [3.63, 3.8) is 0 Å². The Hall–Kier alpha value is -3.68. The van der Waals surface area contributed by atoms with Gasteiger partial charge in [0.1, 0.15) is 29.5 Å². The van der Waals surface area contributed by atoms with E-state index in [4.69, 9.17) is 4.74 Å². The maximum absolute atomic E-state index is 13.7. The molecule has 1 N–H and O–H groups in total. The third-order valence-corrected chi connectivity index (χ3v) is 4.80. The zero-order valence-electron chi connectivity index (χ0n) is 16.0. The molecule has 29 heavy (non-hydrogen) atoms. The molecule has 0 aliphatic rings. The topological polar surface area (TPSA) is 77.6 Å². The molecule has 2 aromatic heterocycles. The first-order valence-corrected chi connectivity index (χ1v) is 9.05. The number of carbonyl (C=O) groups excluding carboxylic acids is 1. The predicted molar refractivity (Wildman–Crippen MR) is 106 cm³/mol. The molecular formula is C21H19FN4O3. The van der Waals surface area contributed by atoms with E-state index in [-0.39, 0.29) is 13.1 Å². The van der Waals surface area contributed by atoms with Crippen molar-refractivity contribution in [2.24, 2.45) is 0 Å². The van der Waals surface area contributed by atoms with Gasteiger partial charge in [0.15, 0.2) is 0 Å². The van der Waals surface area contributed by atoms with E-state index in [0.717, 1.165) is 15.6 Å². The lowest BCUT2D eigenvalue weighted by atomic mass is 10.2. The lowest BCUT2D eigenvalue weighted by molar-refractivity contribution is -0.122. The Bertz CT molecular complexity index is 1290. The van der Waals surface area contributed by atoms with Gasteiger partial charge in [0.25, 0.3) is 5.56 Å². The Morgan fingerprint density at radius 3 is 2.72 bits per heavy atom. The van der Waals surface area contributed by atoms with Gasteiger partial charge in [-0.2, -0.15) is 5.10 Å². The molecule has 0 aliphatic carbocycles. The summed E-state index contributed by atoms with van der Waals surface area (Å²) in [6.45, 7) is 1.54. The minimum atomic E-state index is -0.430. The summed E-state index contributed by atoms with van der Waals surface area (Å²) in [6.07, 6.45) is 0. The van der Waals surface area contributed by atoms with E-state index in [1.165, 1.54) is 6.07 Å². The Morgan fingerprint density at radius 2 is 1.97 bits per heavy atom. The molecule has 0 spiro atoms. The highest BCUT2D eigenvalue weighted by molar-refractivity contribution is 5.92. The molecule has 0 bridgehead atoms. The molecule has 0 radical (unpaired) electrons. The minimum absolute atomic E-state index is 0.0354. The fourth-order valence-corrected chi connectivity index (χ4v) is 3.42. The van der Waals surface area contributed by atoms with Gasteiger partial charge in [0.2, 0.25) is 5.91 Å². The summed E-state index contributed by atoms with van der Waals surface area (Å²) < 4.78 is 21.9. The first-order valence-electron chi connectivity index (χ1n) is 9.05. The first kappa shape index (κ1) is 18.7. The van der Waals surface area contributed by atoms with E-state index >= 15 is 0 Å². The number of halogens is 1. The summed E-state index contributed by atoms with van der Waals surface area (Å²) in [7, 11) is 1.57. The molecule has 7 nitrogen and oxygen atoms in total. The number of rotatable bonds is 5. The van der Waals surface area contributed by atoms with E-state index in [2.05, 4.69) is 10.4 Å². The molecule has 0 atom stereocenters. The van der Waals surface area contributed by atoms with Gasteiger partial charge in [-0.1, -0.05) is 24.3 Å². The maximum Gasteiger partial charge on any atom is 0.291 e. The number of benzene rings is 2. The quantitative estimate of drug-likeness (QED) is 0.564. The second-order valence-electron chi connectivity index (χ2n) is 6.64. The van der Waals surface area contributed by atoms with Crippen LogP contribution in [0, 0.1) is 12.7 Å². The van der Waals surface area contributed by atoms with Crippen LogP contribution in [0.3, 0.4) is 0 Å². The Labute approximate surface area is 165 Å². The second kappa shape index (κ2) is 7.38. The van der Waals surface area contributed by atoms with Gasteiger partial charge in [-0.25, -0.2) is 9.07 Å². The van der Waals surface area contributed by atoms with Crippen molar-refractivity contribution in [2.75, 3.05) is 7.11 Å². The molecule has 148 valence electrons. The van der Waals surface area contributed by atoms with Crippen LogP contribution in [0.5, 0.6) is 5.75 Å². The molecular weight excluding hydrogens is 375 g/mol. The first-order chi connectivity index (χ1) is 14.0. The van der Waals surface area contributed by atoms with Crippen molar-refractivity contribution in [3.05, 3.63) is 76.1 Å². The third-order valence-electron chi connectivity index (χ3n) is 4.80. The van der Waals surface area contributed by atoms with Crippen LogP contribution in [0.2, 0.25) is 0 Å². The average Bonchev–Trinajstić information content (AvgIpc) is 3.11. The predicted octanol–water partition coefficient (Wildman–Crippen LogP) is 2.42. The molecule has 2 aromatic carbocycles. The molecule has 1 amide bonds. The van der Waals surface area contributed by atoms with Crippen LogP contribution in [0.4, 0.5) is 4.39 Å². The summed E-state index contributed by atoms with van der Waals surface area (Å²) in [6, 6.07) is 13.5. The number of methoxy groups -OCH3 is 1. The largest absolute Gasteiger partial charge is 0.496 e. The smallest absolute Gasteiger partial charge is 0.291 e. The van der Waals surface area contributed by atoms with E-state index in [1.54, 1.807) is 42.7 Å². The van der Waals surface area contributed by atoms with E-state index in [9.17, 15) is 14.0 Å². The number of hydrogen-bond donors (Lipinski definition) is 1. The molecule has 0 aliphatic heterocycles. The van der Waals surface area contributed by atoms with Crippen LogP contribution in [0.1, 0.15) is 11.4 Å². The molecule has 8 heteroatoms. The van der Waals surface area contributed by atoms with Crippen LogP contribution in [0.15, 0.2) is 53.3 Å². The number of carbonyl (C=O) groups is 1. The van der Waals surface area contributed by atoms with Crippen LogP contribution in [0.25, 0.3) is 16.4 Å². The summed E-state index contributed by atoms with van der Waals surface area (Å²) in [5.41, 5.74) is 1.18. The lowest BCUT2D eigenvalue weighted by Crippen LogP contribution is -2.34. The van der Waals surface area contributed by atoms with Gasteiger partial charge in [-0.3, -0.25) is 14.0 Å². The van der Waals surface area contributed by atoms with Crippen LogP contribution in [-0.2, 0) is 17.9 Å². The lowest BCUT2D eigenvalue weighted by Gasteiger charge is -2.10. The van der Waals surface area contributed by atoms with Crippen molar-refractivity contribution >= 4 is 22.3 Å². The number of aryl methyl sites for hydroxylation is 1. The number of nitrogens with zero attached hydrogens (tertiary/aromatic N) is 3. The molecule has 0 unspecified atom stereocenters. The van der Waals surface area contributed by atoms with Crippen molar-refractivity contribution in [1.29, 1.82) is 0 Å². The third kappa shape index (κ3) is 3.33. The van der Waals surface area contributed by atoms with Crippen LogP contribution < -0.4 is 15.6 Å². The van der Waals surface area contributed by atoms with Gasteiger partial charge < -0.3 is 10.1 Å². The second-order valence-corrected chi connectivity index (χ2v) is 6.64. The Kier molecular flexibility index (Phi) is 4.75. The summed E-state index contributed by atoms with van der Waals surface area (Å²) in [5.74, 6) is 0.387. The normalized spacial score (nSPS) is 11.1. The SMILES string of the molecule is COc1cccc2c1cc1c(=O)n(CC(=O)NCc3ccccc3F)nc(C)n12. The molecule has 0 saturated carbocycles. The zero-order chi connectivity index (χ0) is 20.5. The highest BCUT2D eigenvalue weighted by Crippen LogP contribution is 2.28. The van der Waals surface area contributed by atoms with E-state index < -0.39 is 17.3 Å². The number of ether oxygens (including phenoxy) is 1. The number of nitrogens with one attached hydrogen (secondary N) is 1. The van der Waals surface area contributed by atoms with Crippen molar-refractivity contribution in [2.45, 2.75) is 20.0 Å². The van der Waals surface area contributed by atoms with Gasteiger partial charge in [-0.05, 0) is 31.2 Å². The molecule has 0 saturated heterocycles. The highest BCUT2D eigenvalue weighted by Gasteiger charge is 2.16. The van der Waals surface area contributed by atoms with Crippen molar-refractivity contribution < 1.29 is 13.9 Å². The summed E-state index contributed by atoms with van der Waals surface area (Å²) >= 11 is 0. The van der Waals surface area contributed by atoms with Gasteiger partial charge >= 0.3 is 0 Å². The molecule has 2 heterocycles. The summed E-state index contributed by atoms with van der Waals surface area (Å²) in [5, 5.41) is 7.70. The van der Waals surface area contributed by atoms with Crippen LogP contribution in [-0.4, -0.2) is 27.2 Å². The minimum Gasteiger partial charge on any atom is -0.496 e. The number of amides is 1. The molecule has 4 rings (SSSR count). The Morgan fingerprint density at radius 1 is 1.17 bits per heavy atom. The number of fused-ring (bicyclic) bond motifs is 3. The molecule has 4 aromatic rings. The zero-order valence-corrected chi connectivity index (χ0v) is 16.0.